The van der Waals surface area contributed by atoms with Crippen LogP contribution in [0.3, 0.4) is 0 Å². The molecule has 0 aromatic carbocycles. The molecule has 2 atom stereocenters. The smallest absolute Gasteiger partial charge is 0.0468 e. The first-order valence-corrected chi connectivity index (χ1v) is 7.56. The van der Waals surface area contributed by atoms with Crippen molar-refractivity contribution in [3.8, 4) is 0 Å². The van der Waals surface area contributed by atoms with Crippen LogP contribution in [0.4, 0.5) is 0 Å². The van der Waals surface area contributed by atoms with Crippen molar-refractivity contribution >= 4 is 0 Å². The Bertz CT molecular complexity index is 253. The molecule has 1 saturated carbocycles. The van der Waals surface area contributed by atoms with Crippen molar-refractivity contribution in [2.45, 2.75) is 45.1 Å². The highest BCUT2D eigenvalue weighted by Crippen LogP contribution is 2.48. The first-order chi connectivity index (χ1) is 8.65. The molecule has 2 rings (SSSR count). The van der Waals surface area contributed by atoms with E-state index in [0.717, 1.165) is 12.5 Å². The second-order valence-electron chi connectivity index (χ2n) is 6.58. The summed E-state index contributed by atoms with van der Waals surface area (Å²) in [6, 6.07) is 0.660. The Morgan fingerprint density at radius 2 is 2.22 bits per heavy atom. The van der Waals surface area contributed by atoms with Gasteiger partial charge in [-0.15, -0.1) is 0 Å². The zero-order valence-corrected chi connectivity index (χ0v) is 12.4. The lowest BCUT2D eigenvalue weighted by molar-refractivity contribution is 0.158. The summed E-state index contributed by atoms with van der Waals surface area (Å²) in [5.74, 6) is 0.835. The van der Waals surface area contributed by atoms with Crippen LogP contribution in [0.25, 0.3) is 0 Å². The van der Waals surface area contributed by atoms with Crippen molar-refractivity contribution in [3.05, 3.63) is 0 Å². The lowest BCUT2D eigenvalue weighted by Crippen LogP contribution is -2.44. The van der Waals surface area contributed by atoms with E-state index in [1.54, 1.807) is 0 Å². The molecule has 2 fully saturated rings. The maximum absolute atomic E-state index is 5.22. The average molecular weight is 254 g/mol. The molecular weight excluding hydrogens is 224 g/mol. The lowest BCUT2D eigenvalue weighted by atomic mass is 9.91. The fraction of sp³-hybridized carbons (Fsp3) is 1.00. The molecule has 0 spiro atoms. The van der Waals surface area contributed by atoms with Gasteiger partial charge in [0, 0.05) is 32.8 Å². The fourth-order valence-electron chi connectivity index (χ4n) is 3.17. The summed E-state index contributed by atoms with van der Waals surface area (Å²) < 4.78 is 5.22. The highest BCUT2D eigenvalue weighted by atomic mass is 16.5. The topological polar surface area (TPSA) is 24.5 Å². The van der Waals surface area contributed by atoms with Crippen LogP contribution in [0.5, 0.6) is 0 Å². The van der Waals surface area contributed by atoms with Crippen LogP contribution in [-0.2, 0) is 4.74 Å². The molecule has 1 heterocycles. The molecule has 18 heavy (non-hydrogen) atoms. The van der Waals surface area contributed by atoms with Gasteiger partial charge in [0.2, 0.25) is 0 Å². The molecule has 0 aromatic heterocycles. The van der Waals surface area contributed by atoms with Crippen molar-refractivity contribution in [2.75, 3.05) is 40.4 Å². The van der Waals surface area contributed by atoms with Gasteiger partial charge in [-0.1, -0.05) is 0 Å². The number of nitrogens with zero attached hydrogens (tertiary/aromatic N) is 1. The second kappa shape index (κ2) is 6.36. The van der Waals surface area contributed by atoms with Gasteiger partial charge in [-0.2, -0.15) is 0 Å². The van der Waals surface area contributed by atoms with Gasteiger partial charge in [0.1, 0.15) is 0 Å². The Labute approximate surface area is 112 Å². The Hall–Kier alpha value is -0.120. The number of hydrogen-bond acceptors (Lipinski definition) is 3. The minimum atomic E-state index is 0.574. The van der Waals surface area contributed by atoms with E-state index in [1.807, 2.05) is 7.11 Å². The van der Waals surface area contributed by atoms with E-state index >= 15 is 0 Å². The van der Waals surface area contributed by atoms with Gasteiger partial charge >= 0.3 is 0 Å². The largest absolute Gasteiger partial charge is 0.385 e. The molecule has 2 unspecified atom stereocenters. The molecular formula is C15H30N2O. The molecule has 1 saturated heterocycles. The number of nitrogens with one attached hydrogen (secondary N) is 1. The van der Waals surface area contributed by atoms with Crippen LogP contribution < -0.4 is 5.32 Å². The Kier molecular flexibility index (Phi) is 5.05. The number of likely N-dealkylation sites (tertiary alicyclic amines) is 1. The zero-order valence-electron chi connectivity index (χ0n) is 12.4. The monoisotopic (exact) mass is 254 g/mol. The van der Waals surface area contributed by atoms with E-state index in [-0.39, 0.29) is 0 Å². The molecule has 1 N–H and O–H groups in total. The van der Waals surface area contributed by atoms with E-state index in [0.29, 0.717) is 11.5 Å². The first-order valence-electron chi connectivity index (χ1n) is 7.56. The Balaban J connectivity index is 1.69. The average Bonchev–Trinajstić information content (AvgIpc) is 3.14. The van der Waals surface area contributed by atoms with Crippen LogP contribution in [0.15, 0.2) is 0 Å². The standard InChI is InChI=1S/C15H30N2O/c1-13(14-5-4-9-17(2)11-14)16-12-15(6-7-15)8-10-18-3/h13-14,16H,4-12H2,1-3H3. The minimum absolute atomic E-state index is 0.574. The normalized spacial score (nSPS) is 29.2. The summed E-state index contributed by atoms with van der Waals surface area (Å²) in [6.45, 7) is 7.02. The van der Waals surface area contributed by atoms with E-state index in [1.165, 1.54) is 51.7 Å². The molecule has 1 aliphatic heterocycles. The first kappa shape index (κ1) is 14.3. The summed E-state index contributed by atoms with van der Waals surface area (Å²) in [5, 5.41) is 3.80. The van der Waals surface area contributed by atoms with Crippen molar-refractivity contribution < 1.29 is 4.74 Å². The van der Waals surface area contributed by atoms with Crippen LogP contribution >= 0.6 is 0 Å². The second-order valence-corrected chi connectivity index (χ2v) is 6.58. The van der Waals surface area contributed by atoms with Gasteiger partial charge in [0.25, 0.3) is 0 Å². The third kappa shape index (κ3) is 3.94. The van der Waals surface area contributed by atoms with Crippen LogP contribution in [0.2, 0.25) is 0 Å². The van der Waals surface area contributed by atoms with Crippen molar-refractivity contribution in [1.82, 2.24) is 10.2 Å². The number of ether oxygens (including phenoxy) is 1. The maximum atomic E-state index is 5.22. The summed E-state index contributed by atoms with van der Waals surface area (Å²) in [4.78, 5) is 2.48. The van der Waals surface area contributed by atoms with Crippen LogP contribution in [0, 0.1) is 11.3 Å². The number of hydrogen-bond donors (Lipinski definition) is 1. The SMILES string of the molecule is COCCC1(CNC(C)C2CCCN(C)C2)CC1. The number of methoxy groups -OCH3 is 1. The molecule has 3 nitrogen and oxygen atoms in total. The molecule has 0 radical (unpaired) electrons. The predicted octanol–water partition coefficient (Wildman–Crippen LogP) is 2.12. The van der Waals surface area contributed by atoms with Crippen LogP contribution in [-0.4, -0.2) is 51.3 Å². The highest BCUT2D eigenvalue weighted by molar-refractivity contribution is 4.95. The molecule has 0 aromatic rings. The third-order valence-electron chi connectivity index (χ3n) is 4.96. The number of piperidine rings is 1. The highest BCUT2D eigenvalue weighted by Gasteiger charge is 2.42. The van der Waals surface area contributed by atoms with Crippen molar-refractivity contribution in [1.29, 1.82) is 0 Å². The summed E-state index contributed by atoms with van der Waals surface area (Å²) in [5.41, 5.74) is 0.574. The Morgan fingerprint density at radius 1 is 1.44 bits per heavy atom. The number of rotatable bonds is 7. The van der Waals surface area contributed by atoms with Crippen molar-refractivity contribution in [2.24, 2.45) is 11.3 Å². The van der Waals surface area contributed by atoms with E-state index in [2.05, 4.69) is 24.2 Å². The van der Waals surface area contributed by atoms with Crippen molar-refractivity contribution in [3.63, 3.8) is 0 Å². The minimum Gasteiger partial charge on any atom is -0.385 e. The molecule has 0 amide bonds. The van der Waals surface area contributed by atoms with Gasteiger partial charge in [-0.3, -0.25) is 0 Å². The maximum Gasteiger partial charge on any atom is 0.0468 e. The van der Waals surface area contributed by atoms with Crippen LogP contribution in [0.1, 0.15) is 39.0 Å². The predicted molar refractivity (Wildman–Crippen MR) is 75.8 cm³/mol. The quantitative estimate of drug-likeness (QED) is 0.753. The molecule has 1 aliphatic carbocycles. The molecule has 2 aliphatic rings. The summed E-state index contributed by atoms with van der Waals surface area (Å²) in [7, 11) is 4.06. The summed E-state index contributed by atoms with van der Waals surface area (Å²) in [6.07, 6.45) is 6.76. The van der Waals surface area contributed by atoms with E-state index in [9.17, 15) is 0 Å². The molecule has 3 heteroatoms. The van der Waals surface area contributed by atoms with E-state index in [4.69, 9.17) is 4.74 Å². The third-order valence-corrected chi connectivity index (χ3v) is 4.96. The van der Waals surface area contributed by atoms with Gasteiger partial charge in [0.15, 0.2) is 0 Å². The molecule has 0 bridgehead atoms. The van der Waals surface area contributed by atoms with Gasteiger partial charge in [0.05, 0.1) is 0 Å². The Morgan fingerprint density at radius 3 is 2.83 bits per heavy atom. The van der Waals surface area contributed by atoms with Gasteiger partial charge in [-0.25, -0.2) is 0 Å². The lowest BCUT2D eigenvalue weighted by Gasteiger charge is -2.34. The fourth-order valence-corrected chi connectivity index (χ4v) is 3.17. The summed E-state index contributed by atoms with van der Waals surface area (Å²) >= 11 is 0. The van der Waals surface area contributed by atoms with Gasteiger partial charge < -0.3 is 15.0 Å². The zero-order chi connectivity index (χ0) is 13.0. The molecule has 106 valence electrons. The van der Waals surface area contributed by atoms with Gasteiger partial charge in [-0.05, 0) is 64.0 Å². The van der Waals surface area contributed by atoms with E-state index < -0.39 is 0 Å².